The smallest absolute Gasteiger partial charge is 0.268 e. The Kier molecular flexibility index (Phi) is 5.49. The van der Waals surface area contributed by atoms with E-state index in [4.69, 9.17) is 5.26 Å². The lowest BCUT2D eigenvalue weighted by Gasteiger charge is -2.12. The standard InChI is InChI=1S/C14H13N5O4S/c1-2-24-13-16-12(20)17(8-7-15)14(21)18(13)9-10-3-5-11(6-4-10)19(22)23/h3-6H,2,8-9H2,1H3. The summed E-state index contributed by atoms with van der Waals surface area (Å²) < 4.78 is 2.04. The van der Waals surface area contributed by atoms with E-state index in [1.54, 1.807) is 6.07 Å². The second kappa shape index (κ2) is 7.56. The van der Waals surface area contributed by atoms with Crippen LogP contribution in [0.2, 0.25) is 0 Å². The van der Waals surface area contributed by atoms with Crippen LogP contribution in [0.4, 0.5) is 5.69 Å². The number of benzene rings is 1. The van der Waals surface area contributed by atoms with Gasteiger partial charge in [0.2, 0.25) is 0 Å². The van der Waals surface area contributed by atoms with Crippen LogP contribution in [0.15, 0.2) is 39.0 Å². The first-order valence-electron chi connectivity index (χ1n) is 6.92. The molecule has 0 saturated heterocycles. The van der Waals surface area contributed by atoms with Crippen molar-refractivity contribution in [2.45, 2.75) is 25.2 Å². The van der Waals surface area contributed by atoms with Crippen LogP contribution in [0.3, 0.4) is 0 Å². The van der Waals surface area contributed by atoms with Crippen LogP contribution in [0.1, 0.15) is 12.5 Å². The van der Waals surface area contributed by atoms with Crippen LogP contribution >= 0.6 is 11.8 Å². The van der Waals surface area contributed by atoms with Gasteiger partial charge in [-0.2, -0.15) is 10.2 Å². The number of hydrogen-bond acceptors (Lipinski definition) is 7. The molecule has 0 aliphatic carbocycles. The van der Waals surface area contributed by atoms with Gasteiger partial charge in [-0.1, -0.05) is 30.8 Å². The van der Waals surface area contributed by atoms with Crippen LogP contribution in [0.5, 0.6) is 0 Å². The van der Waals surface area contributed by atoms with Crippen molar-refractivity contribution in [3.63, 3.8) is 0 Å². The Hall–Kier alpha value is -2.93. The van der Waals surface area contributed by atoms with Crippen molar-refractivity contribution < 1.29 is 4.92 Å². The van der Waals surface area contributed by atoms with Crippen molar-refractivity contribution >= 4 is 17.4 Å². The van der Waals surface area contributed by atoms with Crippen molar-refractivity contribution in [3.8, 4) is 6.07 Å². The summed E-state index contributed by atoms with van der Waals surface area (Å²) in [5, 5.41) is 19.7. The Balaban J connectivity index is 2.49. The molecule has 0 N–H and O–H groups in total. The molecule has 0 aliphatic heterocycles. The summed E-state index contributed by atoms with van der Waals surface area (Å²) in [6.07, 6.45) is 0. The lowest BCUT2D eigenvalue weighted by Crippen LogP contribution is -2.42. The van der Waals surface area contributed by atoms with E-state index in [2.05, 4.69) is 4.98 Å². The quantitative estimate of drug-likeness (QED) is 0.433. The lowest BCUT2D eigenvalue weighted by atomic mass is 10.2. The van der Waals surface area contributed by atoms with Crippen LogP contribution in [0, 0.1) is 21.4 Å². The lowest BCUT2D eigenvalue weighted by molar-refractivity contribution is -0.384. The van der Waals surface area contributed by atoms with Gasteiger partial charge in [-0.3, -0.25) is 14.7 Å². The summed E-state index contributed by atoms with van der Waals surface area (Å²) in [7, 11) is 0. The fourth-order valence-electron chi connectivity index (χ4n) is 2.00. The van der Waals surface area contributed by atoms with Crippen molar-refractivity contribution in [3.05, 3.63) is 60.9 Å². The van der Waals surface area contributed by atoms with Gasteiger partial charge in [-0.05, 0) is 11.3 Å². The zero-order chi connectivity index (χ0) is 17.7. The number of hydrogen-bond donors (Lipinski definition) is 0. The maximum atomic E-state index is 12.5. The van der Waals surface area contributed by atoms with Gasteiger partial charge in [0.25, 0.3) is 5.69 Å². The summed E-state index contributed by atoms with van der Waals surface area (Å²) in [4.78, 5) is 38.4. The van der Waals surface area contributed by atoms with Gasteiger partial charge < -0.3 is 0 Å². The van der Waals surface area contributed by atoms with Crippen LogP contribution in [-0.2, 0) is 13.1 Å². The topological polar surface area (TPSA) is 124 Å². The summed E-state index contributed by atoms with van der Waals surface area (Å²) >= 11 is 1.23. The summed E-state index contributed by atoms with van der Waals surface area (Å²) in [5.41, 5.74) is -0.810. The van der Waals surface area contributed by atoms with Gasteiger partial charge in [-0.15, -0.1) is 0 Å². The van der Waals surface area contributed by atoms with Crippen LogP contribution < -0.4 is 11.4 Å². The van der Waals surface area contributed by atoms with Gasteiger partial charge in [0, 0.05) is 12.1 Å². The Morgan fingerprint density at radius 2 is 1.96 bits per heavy atom. The predicted molar refractivity (Wildman–Crippen MR) is 87.0 cm³/mol. The largest absolute Gasteiger partial charge is 0.355 e. The van der Waals surface area contributed by atoms with E-state index >= 15 is 0 Å². The van der Waals surface area contributed by atoms with E-state index < -0.39 is 16.3 Å². The van der Waals surface area contributed by atoms with E-state index in [-0.39, 0.29) is 23.9 Å². The van der Waals surface area contributed by atoms with Crippen LogP contribution in [-0.4, -0.2) is 24.8 Å². The molecule has 0 saturated carbocycles. The fraction of sp³-hybridized carbons (Fsp3) is 0.286. The highest BCUT2D eigenvalue weighted by Crippen LogP contribution is 2.15. The van der Waals surface area contributed by atoms with E-state index in [0.717, 1.165) is 4.57 Å². The summed E-state index contributed by atoms with van der Waals surface area (Å²) in [6, 6.07) is 7.50. The molecule has 0 atom stereocenters. The van der Waals surface area contributed by atoms with E-state index in [1.807, 2.05) is 6.92 Å². The van der Waals surface area contributed by atoms with Gasteiger partial charge in [-0.25, -0.2) is 14.2 Å². The van der Waals surface area contributed by atoms with Gasteiger partial charge in [0.05, 0.1) is 17.5 Å². The zero-order valence-corrected chi connectivity index (χ0v) is 13.5. The molecule has 0 spiro atoms. The molecule has 1 aromatic carbocycles. The average molecular weight is 347 g/mol. The predicted octanol–water partition coefficient (Wildman–Crippen LogP) is 0.997. The molecule has 0 radical (unpaired) electrons. The highest BCUT2D eigenvalue weighted by atomic mass is 32.2. The minimum atomic E-state index is -0.766. The highest BCUT2D eigenvalue weighted by molar-refractivity contribution is 7.99. The van der Waals surface area contributed by atoms with Crippen molar-refractivity contribution in [1.82, 2.24) is 14.1 Å². The third-order valence-corrected chi connectivity index (χ3v) is 3.96. The molecule has 9 nitrogen and oxygen atoms in total. The summed E-state index contributed by atoms with van der Waals surface area (Å²) in [6.45, 7) is 1.56. The number of aromatic nitrogens is 3. The summed E-state index contributed by atoms with van der Waals surface area (Å²) in [5.74, 6) is 0.606. The second-order valence-corrected chi connectivity index (χ2v) is 5.88. The van der Waals surface area contributed by atoms with Crippen molar-refractivity contribution in [2.24, 2.45) is 0 Å². The van der Waals surface area contributed by atoms with Crippen LogP contribution in [0.25, 0.3) is 0 Å². The molecule has 0 unspecified atom stereocenters. The molecule has 124 valence electrons. The zero-order valence-electron chi connectivity index (χ0n) is 12.7. The van der Waals surface area contributed by atoms with Gasteiger partial charge >= 0.3 is 11.4 Å². The molecule has 0 fully saturated rings. The number of non-ortho nitro benzene ring substituents is 1. The van der Waals surface area contributed by atoms with Crippen molar-refractivity contribution in [2.75, 3.05) is 5.75 Å². The first-order valence-corrected chi connectivity index (χ1v) is 7.91. The number of thioether (sulfide) groups is 1. The molecule has 2 aromatic rings. The molecule has 10 heteroatoms. The molecule has 1 aromatic heterocycles. The first-order chi connectivity index (χ1) is 11.5. The van der Waals surface area contributed by atoms with Crippen molar-refractivity contribution in [1.29, 1.82) is 5.26 Å². The molecule has 2 rings (SSSR count). The normalized spacial score (nSPS) is 10.3. The first kappa shape index (κ1) is 17.4. The number of nitro groups is 1. The third kappa shape index (κ3) is 3.69. The Morgan fingerprint density at radius 1 is 1.29 bits per heavy atom. The maximum Gasteiger partial charge on any atom is 0.355 e. The molecular weight excluding hydrogens is 334 g/mol. The molecule has 0 bridgehead atoms. The highest BCUT2D eigenvalue weighted by Gasteiger charge is 2.14. The Morgan fingerprint density at radius 3 is 2.50 bits per heavy atom. The van der Waals surface area contributed by atoms with E-state index in [1.165, 1.54) is 40.6 Å². The fourth-order valence-corrected chi connectivity index (χ4v) is 2.70. The monoisotopic (exact) mass is 347 g/mol. The molecular formula is C14H13N5O4S. The molecule has 0 aliphatic rings. The second-order valence-electron chi connectivity index (χ2n) is 4.65. The van der Waals surface area contributed by atoms with Gasteiger partial charge in [0.15, 0.2) is 5.16 Å². The maximum absolute atomic E-state index is 12.5. The average Bonchev–Trinajstić information content (AvgIpc) is 2.55. The van der Waals surface area contributed by atoms with E-state index in [9.17, 15) is 19.7 Å². The molecule has 1 heterocycles. The Labute approximate surface area is 140 Å². The molecule has 24 heavy (non-hydrogen) atoms. The number of nitriles is 1. The number of nitrogens with zero attached hydrogens (tertiary/aromatic N) is 5. The number of nitro benzene ring substituents is 1. The SMILES string of the molecule is CCSc1nc(=O)n(CC#N)c(=O)n1Cc1ccc([N+](=O)[O-])cc1. The third-order valence-electron chi connectivity index (χ3n) is 3.11. The minimum absolute atomic E-state index is 0.0539. The van der Waals surface area contributed by atoms with E-state index in [0.29, 0.717) is 11.3 Å². The van der Waals surface area contributed by atoms with Gasteiger partial charge in [0.1, 0.15) is 6.54 Å². The number of rotatable bonds is 6. The molecule has 0 amide bonds. The Bertz CT molecular complexity index is 911. The minimum Gasteiger partial charge on any atom is -0.268 e.